The molecule has 1 atom stereocenters. The number of anilines is 1. The molecular formula is C16H27ClN2O2. The zero-order valence-electron chi connectivity index (χ0n) is 12.9. The van der Waals surface area contributed by atoms with Gasteiger partial charge in [0.1, 0.15) is 0 Å². The van der Waals surface area contributed by atoms with Crippen LogP contribution in [0.3, 0.4) is 0 Å². The van der Waals surface area contributed by atoms with E-state index in [2.05, 4.69) is 12.2 Å². The van der Waals surface area contributed by atoms with Gasteiger partial charge in [0, 0.05) is 19.2 Å². The van der Waals surface area contributed by atoms with Crippen molar-refractivity contribution in [2.75, 3.05) is 19.5 Å². The third kappa shape index (κ3) is 7.93. The average molecular weight is 315 g/mol. The van der Waals surface area contributed by atoms with Crippen LogP contribution in [0.4, 0.5) is 5.69 Å². The number of para-hydroxylation sites is 1. The summed E-state index contributed by atoms with van der Waals surface area (Å²) in [4.78, 5) is 12.0. The summed E-state index contributed by atoms with van der Waals surface area (Å²) < 4.78 is 5.15. The van der Waals surface area contributed by atoms with E-state index in [9.17, 15) is 4.79 Å². The van der Waals surface area contributed by atoms with Gasteiger partial charge >= 0.3 is 0 Å². The van der Waals surface area contributed by atoms with Crippen LogP contribution in [0.2, 0.25) is 0 Å². The molecule has 0 aromatic heterocycles. The van der Waals surface area contributed by atoms with E-state index in [0.29, 0.717) is 19.4 Å². The summed E-state index contributed by atoms with van der Waals surface area (Å²) in [6.45, 7) is 2.71. The Morgan fingerprint density at radius 2 is 2.10 bits per heavy atom. The number of nitrogen functional groups attached to an aromatic ring is 1. The number of ether oxygens (including phenoxy) is 1. The van der Waals surface area contributed by atoms with E-state index in [1.54, 1.807) is 7.11 Å². The molecule has 0 spiro atoms. The molecule has 0 aliphatic heterocycles. The second-order valence-electron chi connectivity index (χ2n) is 5.06. The molecule has 0 saturated carbocycles. The van der Waals surface area contributed by atoms with Crippen LogP contribution in [0, 0.1) is 0 Å². The maximum Gasteiger partial charge on any atom is 0.220 e. The number of nitrogens with one attached hydrogen (secondary N) is 1. The molecular weight excluding hydrogens is 288 g/mol. The molecule has 0 heterocycles. The van der Waals surface area contributed by atoms with Crippen molar-refractivity contribution < 1.29 is 9.53 Å². The molecule has 1 rings (SSSR count). The number of methoxy groups -OCH3 is 1. The van der Waals surface area contributed by atoms with Gasteiger partial charge in [-0.3, -0.25) is 4.79 Å². The minimum absolute atomic E-state index is 0. The van der Waals surface area contributed by atoms with Gasteiger partial charge in [-0.1, -0.05) is 38.0 Å². The van der Waals surface area contributed by atoms with Crippen molar-refractivity contribution in [1.82, 2.24) is 5.32 Å². The molecule has 1 aromatic rings. The van der Waals surface area contributed by atoms with Crippen LogP contribution in [-0.4, -0.2) is 25.7 Å². The fourth-order valence-corrected chi connectivity index (χ4v) is 2.16. The zero-order valence-corrected chi connectivity index (χ0v) is 13.7. The molecule has 1 aromatic carbocycles. The molecule has 1 amide bonds. The number of rotatable bonds is 9. The first-order valence-electron chi connectivity index (χ1n) is 7.29. The number of carbonyl (C=O) groups excluding carboxylic acids is 1. The number of nitrogens with two attached hydrogens (primary N) is 1. The highest BCUT2D eigenvalue weighted by Gasteiger charge is 2.12. The highest BCUT2D eigenvalue weighted by atomic mass is 35.5. The fourth-order valence-electron chi connectivity index (χ4n) is 2.16. The van der Waals surface area contributed by atoms with Crippen molar-refractivity contribution in [1.29, 1.82) is 0 Å². The Hall–Kier alpha value is -1.26. The normalized spacial score (nSPS) is 11.5. The third-order valence-corrected chi connectivity index (χ3v) is 3.32. The van der Waals surface area contributed by atoms with E-state index in [-0.39, 0.29) is 24.4 Å². The maximum absolute atomic E-state index is 12.0. The number of hydrogen-bond acceptors (Lipinski definition) is 3. The van der Waals surface area contributed by atoms with E-state index in [0.717, 1.165) is 30.5 Å². The Kier molecular flexibility index (Phi) is 10.7. The van der Waals surface area contributed by atoms with Crippen molar-refractivity contribution in [2.45, 2.75) is 45.1 Å². The molecule has 0 radical (unpaired) electrons. The highest BCUT2D eigenvalue weighted by Crippen LogP contribution is 2.12. The summed E-state index contributed by atoms with van der Waals surface area (Å²) in [5, 5.41) is 3.04. The number of aryl methyl sites for hydroxylation is 1. The van der Waals surface area contributed by atoms with Gasteiger partial charge in [-0.2, -0.15) is 0 Å². The van der Waals surface area contributed by atoms with Gasteiger partial charge in [-0.05, 0) is 24.5 Å². The largest absolute Gasteiger partial charge is 0.399 e. The zero-order chi connectivity index (χ0) is 14.8. The fraction of sp³-hybridized carbons (Fsp3) is 0.562. The van der Waals surface area contributed by atoms with Gasteiger partial charge in [0.05, 0.1) is 12.6 Å². The van der Waals surface area contributed by atoms with Crippen molar-refractivity contribution in [3.05, 3.63) is 29.8 Å². The van der Waals surface area contributed by atoms with Crippen molar-refractivity contribution in [3.8, 4) is 0 Å². The monoisotopic (exact) mass is 314 g/mol. The lowest BCUT2D eigenvalue weighted by atomic mass is 10.1. The second-order valence-corrected chi connectivity index (χ2v) is 5.06. The summed E-state index contributed by atoms with van der Waals surface area (Å²) in [5.74, 6) is 0.0615. The molecule has 4 nitrogen and oxygen atoms in total. The van der Waals surface area contributed by atoms with E-state index in [4.69, 9.17) is 10.5 Å². The number of unbranched alkanes of at least 4 members (excludes halogenated alkanes) is 1. The van der Waals surface area contributed by atoms with Crippen LogP contribution in [0.15, 0.2) is 24.3 Å². The number of benzene rings is 1. The molecule has 3 N–H and O–H groups in total. The summed E-state index contributed by atoms with van der Waals surface area (Å²) in [6, 6.07) is 7.78. The van der Waals surface area contributed by atoms with E-state index in [1.807, 2.05) is 24.3 Å². The van der Waals surface area contributed by atoms with Crippen LogP contribution in [0.1, 0.15) is 38.2 Å². The minimum Gasteiger partial charge on any atom is -0.399 e. The smallest absolute Gasteiger partial charge is 0.220 e. The molecule has 1 unspecified atom stereocenters. The summed E-state index contributed by atoms with van der Waals surface area (Å²) in [6.07, 6.45) is 4.31. The van der Waals surface area contributed by atoms with Crippen LogP contribution in [-0.2, 0) is 16.0 Å². The lowest BCUT2D eigenvalue weighted by Gasteiger charge is -2.17. The van der Waals surface area contributed by atoms with E-state index >= 15 is 0 Å². The molecule has 21 heavy (non-hydrogen) atoms. The molecule has 0 aliphatic carbocycles. The Morgan fingerprint density at radius 1 is 1.38 bits per heavy atom. The van der Waals surface area contributed by atoms with Gasteiger partial charge < -0.3 is 15.8 Å². The molecule has 5 heteroatoms. The van der Waals surface area contributed by atoms with E-state index < -0.39 is 0 Å². The Labute approximate surface area is 133 Å². The first-order valence-corrected chi connectivity index (χ1v) is 7.29. The number of hydrogen-bond donors (Lipinski definition) is 2. The molecule has 120 valence electrons. The lowest BCUT2D eigenvalue weighted by Crippen LogP contribution is -2.38. The maximum atomic E-state index is 12.0. The summed E-state index contributed by atoms with van der Waals surface area (Å²) in [7, 11) is 1.66. The lowest BCUT2D eigenvalue weighted by molar-refractivity contribution is -0.122. The Balaban J connectivity index is 0.00000400. The van der Waals surface area contributed by atoms with Crippen molar-refractivity contribution >= 4 is 24.0 Å². The van der Waals surface area contributed by atoms with Crippen LogP contribution in [0.25, 0.3) is 0 Å². The average Bonchev–Trinajstić information content (AvgIpc) is 2.44. The molecule has 0 saturated heterocycles. The number of amides is 1. The predicted molar refractivity (Wildman–Crippen MR) is 89.8 cm³/mol. The summed E-state index contributed by atoms with van der Waals surface area (Å²) in [5.41, 5.74) is 7.65. The van der Waals surface area contributed by atoms with Gasteiger partial charge in [-0.15, -0.1) is 12.4 Å². The van der Waals surface area contributed by atoms with Gasteiger partial charge in [-0.25, -0.2) is 0 Å². The van der Waals surface area contributed by atoms with Crippen LogP contribution < -0.4 is 11.1 Å². The SMILES string of the molecule is CCCCC(COC)NC(=O)CCc1ccccc1N.Cl. The number of halogens is 1. The molecule has 0 aliphatic rings. The quantitative estimate of drug-likeness (QED) is 0.689. The second kappa shape index (κ2) is 11.4. The topological polar surface area (TPSA) is 64.3 Å². The minimum atomic E-state index is 0. The first kappa shape index (κ1) is 19.7. The third-order valence-electron chi connectivity index (χ3n) is 3.32. The molecule has 0 bridgehead atoms. The van der Waals surface area contributed by atoms with Gasteiger partial charge in [0.25, 0.3) is 0 Å². The predicted octanol–water partition coefficient (Wildman–Crippen LogP) is 2.94. The summed E-state index contributed by atoms with van der Waals surface area (Å²) >= 11 is 0. The van der Waals surface area contributed by atoms with Crippen molar-refractivity contribution in [2.24, 2.45) is 0 Å². The van der Waals surface area contributed by atoms with E-state index in [1.165, 1.54) is 0 Å². The van der Waals surface area contributed by atoms with Crippen LogP contribution in [0.5, 0.6) is 0 Å². The van der Waals surface area contributed by atoms with Gasteiger partial charge in [0.2, 0.25) is 5.91 Å². The van der Waals surface area contributed by atoms with Crippen molar-refractivity contribution in [3.63, 3.8) is 0 Å². The van der Waals surface area contributed by atoms with Gasteiger partial charge in [0.15, 0.2) is 0 Å². The Morgan fingerprint density at radius 3 is 2.71 bits per heavy atom. The first-order chi connectivity index (χ1) is 9.67. The standard InChI is InChI=1S/C16H26N2O2.ClH/c1-3-4-8-14(12-20-2)18-16(19)11-10-13-7-5-6-9-15(13)17;/h5-7,9,14H,3-4,8,10-12,17H2,1-2H3,(H,18,19);1H. The highest BCUT2D eigenvalue weighted by molar-refractivity contribution is 5.85. The Bertz CT molecular complexity index is 413. The van der Waals surface area contributed by atoms with Crippen LogP contribution >= 0.6 is 12.4 Å². The molecule has 0 fully saturated rings. The number of carbonyl (C=O) groups is 1.